The molecule has 0 radical (unpaired) electrons. The highest BCUT2D eigenvalue weighted by molar-refractivity contribution is 5.75. The van der Waals surface area contributed by atoms with Gasteiger partial charge >= 0.3 is 6.03 Å². The highest BCUT2D eigenvalue weighted by Gasteiger charge is 2.25. The molecule has 1 aromatic carbocycles. The van der Waals surface area contributed by atoms with Crippen LogP contribution in [0.3, 0.4) is 0 Å². The van der Waals surface area contributed by atoms with Crippen molar-refractivity contribution in [1.29, 1.82) is 0 Å². The van der Waals surface area contributed by atoms with Gasteiger partial charge in [-0.25, -0.2) is 4.79 Å². The maximum absolute atomic E-state index is 12.0. The van der Waals surface area contributed by atoms with Crippen LogP contribution in [0.25, 0.3) is 6.08 Å². The number of hydrogen-bond donors (Lipinski definition) is 2. The number of urea groups is 1. The van der Waals surface area contributed by atoms with Crippen LogP contribution in [0, 0.1) is 0 Å². The van der Waals surface area contributed by atoms with E-state index in [4.69, 9.17) is 0 Å². The van der Waals surface area contributed by atoms with Crippen LogP contribution in [0.2, 0.25) is 0 Å². The molecule has 2 amide bonds. The fourth-order valence-corrected chi connectivity index (χ4v) is 2.46. The number of carbonyl (C=O) groups excluding carboxylic acids is 1. The summed E-state index contributed by atoms with van der Waals surface area (Å²) in [4.78, 5) is 13.8. The first kappa shape index (κ1) is 14.6. The van der Waals surface area contributed by atoms with Crippen LogP contribution < -0.4 is 5.32 Å². The Morgan fingerprint density at radius 1 is 1.35 bits per heavy atom. The molecular weight excluding hydrogens is 252 g/mol. The van der Waals surface area contributed by atoms with Crippen molar-refractivity contribution in [3.63, 3.8) is 0 Å². The molecule has 0 spiro atoms. The molecule has 0 unspecified atom stereocenters. The van der Waals surface area contributed by atoms with Gasteiger partial charge in [-0.3, -0.25) is 0 Å². The van der Waals surface area contributed by atoms with E-state index in [0.29, 0.717) is 6.54 Å². The number of piperidine rings is 1. The average Bonchev–Trinajstić information content (AvgIpc) is 2.52. The summed E-state index contributed by atoms with van der Waals surface area (Å²) >= 11 is 0. The SMILES string of the molecule is O=C(NC/C=C/c1ccccc1)N1CCCC[C@@H]1CO. The zero-order chi connectivity index (χ0) is 14.2. The maximum Gasteiger partial charge on any atom is 0.317 e. The lowest BCUT2D eigenvalue weighted by Gasteiger charge is -2.34. The number of nitrogens with zero attached hydrogens (tertiary/aromatic N) is 1. The number of amides is 2. The minimum atomic E-state index is -0.0820. The van der Waals surface area contributed by atoms with Gasteiger partial charge in [0.25, 0.3) is 0 Å². The van der Waals surface area contributed by atoms with Crippen molar-refractivity contribution < 1.29 is 9.90 Å². The summed E-state index contributed by atoms with van der Waals surface area (Å²) < 4.78 is 0. The fraction of sp³-hybridized carbons (Fsp3) is 0.438. The Bertz CT molecular complexity index is 445. The Labute approximate surface area is 120 Å². The second kappa shape index (κ2) is 7.70. The summed E-state index contributed by atoms with van der Waals surface area (Å²) in [5.74, 6) is 0. The highest BCUT2D eigenvalue weighted by Crippen LogP contribution is 2.16. The van der Waals surface area contributed by atoms with Gasteiger partial charge in [0.2, 0.25) is 0 Å². The van der Waals surface area contributed by atoms with Crippen molar-refractivity contribution in [2.75, 3.05) is 19.7 Å². The lowest BCUT2D eigenvalue weighted by atomic mass is 10.0. The number of benzene rings is 1. The van der Waals surface area contributed by atoms with Crippen LogP contribution in [0.1, 0.15) is 24.8 Å². The first-order valence-electron chi connectivity index (χ1n) is 7.18. The molecule has 0 bridgehead atoms. The Hall–Kier alpha value is -1.81. The Morgan fingerprint density at radius 3 is 2.90 bits per heavy atom. The Balaban J connectivity index is 1.78. The summed E-state index contributed by atoms with van der Waals surface area (Å²) in [7, 11) is 0. The molecule has 20 heavy (non-hydrogen) atoms. The van der Waals surface area contributed by atoms with Gasteiger partial charge in [-0.05, 0) is 24.8 Å². The average molecular weight is 274 g/mol. The molecule has 1 fully saturated rings. The van der Waals surface area contributed by atoms with Crippen LogP contribution in [0.4, 0.5) is 4.79 Å². The predicted molar refractivity (Wildman–Crippen MR) is 80.3 cm³/mol. The van der Waals surface area contributed by atoms with E-state index in [1.807, 2.05) is 42.5 Å². The summed E-state index contributed by atoms with van der Waals surface area (Å²) in [5, 5.41) is 12.2. The third-order valence-corrected chi connectivity index (χ3v) is 3.58. The minimum Gasteiger partial charge on any atom is -0.394 e. The third kappa shape index (κ3) is 4.10. The summed E-state index contributed by atoms with van der Waals surface area (Å²) in [5.41, 5.74) is 1.12. The van der Waals surface area contributed by atoms with Gasteiger partial charge in [0.1, 0.15) is 0 Å². The molecule has 1 aliphatic heterocycles. The molecule has 108 valence electrons. The quantitative estimate of drug-likeness (QED) is 0.885. The van der Waals surface area contributed by atoms with E-state index in [0.717, 1.165) is 31.4 Å². The van der Waals surface area contributed by atoms with Crippen LogP contribution in [-0.2, 0) is 0 Å². The number of carbonyl (C=O) groups is 1. The molecule has 0 aliphatic carbocycles. The van der Waals surface area contributed by atoms with Crippen LogP contribution in [0.5, 0.6) is 0 Å². The minimum absolute atomic E-state index is 0.0261. The second-order valence-corrected chi connectivity index (χ2v) is 5.02. The molecular formula is C16H22N2O2. The fourth-order valence-electron chi connectivity index (χ4n) is 2.46. The smallest absolute Gasteiger partial charge is 0.317 e. The van der Waals surface area contributed by atoms with E-state index >= 15 is 0 Å². The number of nitrogens with one attached hydrogen (secondary N) is 1. The van der Waals surface area contributed by atoms with Crippen LogP contribution in [0.15, 0.2) is 36.4 Å². The Kier molecular flexibility index (Phi) is 5.62. The van der Waals surface area contributed by atoms with Gasteiger partial charge in [0.05, 0.1) is 12.6 Å². The summed E-state index contributed by atoms with van der Waals surface area (Å²) in [6.45, 7) is 1.29. The Morgan fingerprint density at radius 2 is 2.15 bits per heavy atom. The molecule has 1 atom stereocenters. The van der Waals surface area contributed by atoms with Gasteiger partial charge in [-0.15, -0.1) is 0 Å². The predicted octanol–water partition coefficient (Wildman–Crippen LogP) is 2.26. The van der Waals surface area contributed by atoms with Crippen LogP contribution >= 0.6 is 0 Å². The molecule has 4 heteroatoms. The molecule has 1 saturated heterocycles. The van der Waals surface area contributed by atoms with Crippen molar-refractivity contribution in [2.45, 2.75) is 25.3 Å². The molecule has 1 aliphatic rings. The van der Waals surface area contributed by atoms with E-state index in [2.05, 4.69) is 5.32 Å². The van der Waals surface area contributed by atoms with E-state index in [1.165, 1.54) is 0 Å². The topological polar surface area (TPSA) is 52.6 Å². The zero-order valence-corrected chi connectivity index (χ0v) is 11.7. The van der Waals surface area contributed by atoms with Crippen molar-refractivity contribution in [2.24, 2.45) is 0 Å². The number of hydrogen-bond acceptors (Lipinski definition) is 2. The van der Waals surface area contributed by atoms with E-state index in [1.54, 1.807) is 4.90 Å². The number of likely N-dealkylation sites (tertiary alicyclic amines) is 1. The van der Waals surface area contributed by atoms with Crippen molar-refractivity contribution in [1.82, 2.24) is 10.2 Å². The molecule has 2 rings (SSSR count). The van der Waals surface area contributed by atoms with Crippen molar-refractivity contribution in [3.05, 3.63) is 42.0 Å². The molecule has 2 N–H and O–H groups in total. The molecule has 0 aromatic heterocycles. The second-order valence-electron chi connectivity index (χ2n) is 5.02. The molecule has 4 nitrogen and oxygen atoms in total. The van der Waals surface area contributed by atoms with Gasteiger partial charge in [0.15, 0.2) is 0 Å². The molecule has 0 saturated carbocycles. The maximum atomic E-state index is 12.0. The van der Waals surface area contributed by atoms with Crippen molar-refractivity contribution in [3.8, 4) is 0 Å². The van der Waals surface area contributed by atoms with Crippen molar-refractivity contribution >= 4 is 12.1 Å². The van der Waals surface area contributed by atoms with Gasteiger partial charge in [0, 0.05) is 13.1 Å². The molecule has 1 aromatic rings. The largest absolute Gasteiger partial charge is 0.394 e. The standard InChI is InChI=1S/C16H22N2O2/c19-13-15-10-4-5-12-18(15)16(20)17-11-6-9-14-7-2-1-3-8-14/h1-3,6-9,15,19H,4-5,10-13H2,(H,17,20)/b9-6+/t15-/m1/s1. The first-order valence-corrected chi connectivity index (χ1v) is 7.18. The zero-order valence-electron chi connectivity index (χ0n) is 11.7. The normalized spacial score (nSPS) is 19.2. The van der Waals surface area contributed by atoms with E-state index in [-0.39, 0.29) is 18.7 Å². The van der Waals surface area contributed by atoms with Crippen LogP contribution in [-0.4, -0.2) is 41.8 Å². The first-order chi connectivity index (χ1) is 9.81. The highest BCUT2D eigenvalue weighted by atomic mass is 16.3. The number of aliphatic hydroxyl groups excluding tert-OH is 1. The van der Waals surface area contributed by atoms with E-state index < -0.39 is 0 Å². The summed E-state index contributed by atoms with van der Waals surface area (Å²) in [6, 6.07) is 9.87. The monoisotopic (exact) mass is 274 g/mol. The lowest BCUT2D eigenvalue weighted by molar-refractivity contribution is 0.108. The third-order valence-electron chi connectivity index (χ3n) is 3.58. The summed E-state index contributed by atoms with van der Waals surface area (Å²) in [6.07, 6.45) is 6.92. The number of rotatable bonds is 4. The van der Waals surface area contributed by atoms with Gasteiger partial charge < -0.3 is 15.3 Å². The van der Waals surface area contributed by atoms with Gasteiger partial charge in [-0.2, -0.15) is 0 Å². The van der Waals surface area contributed by atoms with Gasteiger partial charge in [-0.1, -0.05) is 42.5 Å². The lowest BCUT2D eigenvalue weighted by Crippen LogP contribution is -2.50. The number of aliphatic hydroxyl groups is 1. The van der Waals surface area contributed by atoms with E-state index in [9.17, 15) is 9.90 Å². The molecule has 1 heterocycles.